The number of phenolic OH excluding ortho intramolecular Hbond substituents is 1. The SMILES string of the molecule is COC(COc1ccc(O)cc1)CN(C)Cc1c(C)nn(CC2=CC=CCC2C)c1C. The number of aromatic hydroxyl groups is 1. The minimum absolute atomic E-state index is 0.0607. The summed E-state index contributed by atoms with van der Waals surface area (Å²) in [5.74, 6) is 1.51. The molecule has 0 aliphatic heterocycles. The van der Waals surface area contributed by atoms with Crippen LogP contribution in [0.25, 0.3) is 0 Å². The first-order chi connectivity index (χ1) is 14.9. The van der Waals surface area contributed by atoms with Crippen LogP contribution in [0.4, 0.5) is 0 Å². The first kappa shape index (κ1) is 23.1. The number of hydrogen-bond donors (Lipinski definition) is 1. The average molecular weight is 426 g/mol. The molecule has 1 aliphatic carbocycles. The molecule has 0 amide bonds. The van der Waals surface area contributed by atoms with Crippen LogP contribution in [0.2, 0.25) is 0 Å². The smallest absolute Gasteiger partial charge is 0.119 e. The molecule has 1 aromatic heterocycles. The number of nitrogens with zero attached hydrogens (tertiary/aromatic N) is 3. The molecule has 168 valence electrons. The van der Waals surface area contributed by atoms with Crippen LogP contribution in [-0.2, 0) is 17.8 Å². The van der Waals surface area contributed by atoms with E-state index in [1.165, 1.54) is 16.8 Å². The molecule has 0 radical (unpaired) electrons. The number of rotatable bonds is 10. The number of aromatic nitrogens is 2. The second-order valence-corrected chi connectivity index (χ2v) is 8.47. The average Bonchev–Trinajstić information content (AvgIpc) is 3.01. The van der Waals surface area contributed by atoms with E-state index in [4.69, 9.17) is 14.6 Å². The lowest BCUT2D eigenvalue weighted by Crippen LogP contribution is -2.34. The number of methoxy groups -OCH3 is 1. The minimum Gasteiger partial charge on any atom is -0.508 e. The van der Waals surface area contributed by atoms with E-state index >= 15 is 0 Å². The molecular formula is C25H35N3O3. The van der Waals surface area contributed by atoms with Crippen LogP contribution in [-0.4, -0.2) is 53.2 Å². The first-order valence-electron chi connectivity index (χ1n) is 10.9. The van der Waals surface area contributed by atoms with Crippen molar-refractivity contribution in [3.05, 3.63) is 65.0 Å². The highest BCUT2D eigenvalue weighted by Crippen LogP contribution is 2.24. The number of allylic oxidation sites excluding steroid dienone is 4. The van der Waals surface area contributed by atoms with E-state index in [1.54, 1.807) is 31.4 Å². The highest BCUT2D eigenvalue weighted by Gasteiger charge is 2.19. The highest BCUT2D eigenvalue weighted by atomic mass is 16.5. The van der Waals surface area contributed by atoms with E-state index in [0.29, 0.717) is 12.5 Å². The first-order valence-corrected chi connectivity index (χ1v) is 10.9. The second-order valence-electron chi connectivity index (χ2n) is 8.47. The van der Waals surface area contributed by atoms with Gasteiger partial charge in [-0.25, -0.2) is 0 Å². The van der Waals surface area contributed by atoms with Gasteiger partial charge in [-0.3, -0.25) is 9.58 Å². The molecule has 1 aromatic carbocycles. The predicted octanol–water partition coefficient (Wildman–Crippen LogP) is 4.25. The Bertz CT molecular complexity index is 915. The Morgan fingerprint density at radius 1 is 1.26 bits per heavy atom. The minimum atomic E-state index is -0.0607. The van der Waals surface area contributed by atoms with Gasteiger partial charge in [0.05, 0.1) is 12.2 Å². The fraction of sp³-hybridized carbons (Fsp3) is 0.480. The molecule has 0 saturated heterocycles. The third-order valence-electron chi connectivity index (χ3n) is 5.98. The molecule has 3 rings (SSSR count). The second kappa shape index (κ2) is 10.6. The summed E-state index contributed by atoms with van der Waals surface area (Å²) in [6, 6.07) is 6.75. The predicted molar refractivity (Wildman–Crippen MR) is 123 cm³/mol. The third-order valence-corrected chi connectivity index (χ3v) is 5.98. The highest BCUT2D eigenvalue weighted by molar-refractivity contribution is 5.30. The lowest BCUT2D eigenvalue weighted by Gasteiger charge is -2.23. The van der Waals surface area contributed by atoms with E-state index in [2.05, 4.69) is 55.6 Å². The Kier molecular flexibility index (Phi) is 7.93. The molecular weight excluding hydrogens is 390 g/mol. The Morgan fingerprint density at radius 3 is 2.68 bits per heavy atom. The molecule has 6 heteroatoms. The molecule has 2 atom stereocenters. The summed E-state index contributed by atoms with van der Waals surface area (Å²) in [6.07, 6.45) is 7.65. The molecule has 31 heavy (non-hydrogen) atoms. The van der Waals surface area contributed by atoms with Crippen molar-refractivity contribution in [2.75, 3.05) is 27.3 Å². The number of benzene rings is 1. The summed E-state index contributed by atoms with van der Waals surface area (Å²) in [7, 11) is 3.81. The zero-order valence-electron chi connectivity index (χ0n) is 19.3. The van der Waals surface area contributed by atoms with Gasteiger partial charge < -0.3 is 14.6 Å². The third kappa shape index (κ3) is 6.21. The van der Waals surface area contributed by atoms with E-state index in [9.17, 15) is 5.11 Å². The van der Waals surface area contributed by atoms with Crippen LogP contribution in [0.15, 0.2) is 48.1 Å². The van der Waals surface area contributed by atoms with Gasteiger partial charge in [0.15, 0.2) is 0 Å². The summed E-state index contributed by atoms with van der Waals surface area (Å²) in [5.41, 5.74) is 5.01. The normalized spacial score (nSPS) is 17.1. The summed E-state index contributed by atoms with van der Waals surface area (Å²) in [5, 5.41) is 14.2. The van der Waals surface area contributed by atoms with Gasteiger partial charge in [-0.05, 0) is 63.1 Å². The molecule has 0 bridgehead atoms. The van der Waals surface area contributed by atoms with Crippen molar-refractivity contribution in [2.24, 2.45) is 5.92 Å². The maximum Gasteiger partial charge on any atom is 0.119 e. The molecule has 6 nitrogen and oxygen atoms in total. The summed E-state index contributed by atoms with van der Waals surface area (Å²) in [6.45, 7) is 9.38. The van der Waals surface area contributed by atoms with Crippen LogP contribution in [0.1, 0.15) is 30.3 Å². The number of hydrogen-bond acceptors (Lipinski definition) is 5. The van der Waals surface area contributed by atoms with E-state index in [1.807, 2.05) is 0 Å². The molecule has 0 saturated carbocycles. The quantitative estimate of drug-likeness (QED) is 0.617. The Morgan fingerprint density at radius 2 is 2.00 bits per heavy atom. The Balaban J connectivity index is 1.58. The van der Waals surface area contributed by atoms with E-state index < -0.39 is 0 Å². The molecule has 2 unspecified atom stereocenters. The number of ether oxygens (including phenoxy) is 2. The Labute approximate surface area is 185 Å². The van der Waals surface area contributed by atoms with Gasteiger partial charge >= 0.3 is 0 Å². The van der Waals surface area contributed by atoms with Crippen LogP contribution in [0, 0.1) is 19.8 Å². The zero-order chi connectivity index (χ0) is 22.4. The standard InChI is InChI=1S/C25H35N3O3/c1-18-8-6-7-9-21(18)14-28-20(3)25(19(2)26-28)16-27(4)15-24(30-5)17-31-23-12-10-22(29)11-13-23/h6-7,9-13,18,24,29H,8,14-17H2,1-5H3. The van der Waals surface area contributed by atoms with Crippen LogP contribution in [0.3, 0.4) is 0 Å². The monoisotopic (exact) mass is 425 g/mol. The summed E-state index contributed by atoms with van der Waals surface area (Å²) >= 11 is 0. The van der Waals surface area contributed by atoms with Gasteiger partial charge in [0, 0.05) is 31.5 Å². The lowest BCUT2D eigenvalue weighted by molar-refractivity contribution is 0.0335. The molecule has 1 N–H and O–H groups in total. The topological polar surface area (TPSA) is 59.8 Å². The van der Waals surface area contributed by atoms with Gasteiger partial charge in [0.1, 0.15) is 24.2 Å². The number of phenols is 1. The van der Waals surface area contributed by atoms with Gasteiger partial charge in [0.2, 0.25) is 0 Å². The van der Waals surface area contributed by atoms with Crippen LogP contribution in [0.5, 0.6) is 11.5 Å². The molecule has 2 aromatic rings. The van der Waals surface area contributed by atoms with Crippen LogP contribution < -0.4 is 4.74 Å². The molecule has 1 aliphatic rings. The van der Waals surface area contributed by atoms with Gasteiger partial charge in [-0.1, -0.05) is 25.2 Å². The van der Waals surface area contributed by atoms with Gasteiger partial charge in [-0.15, -0.1) is 0 Å². The van der Waals surface area contributed by atoms with Crippen molar-refractivity contribution in [3.63, 3.8) is 0 Å². The Hall–Kier alpha value is -2.57. The lowest BCUT2D eigenvalue weighted by atomic mass is 9.93. The molecule has 1 heterocycles. The summed E-state index contributed by atoms with van der Waals surface area (Å²) in [4.78, 5) is 2.25. The molecule has 0 fully saturated rings. The van der Waals surface area contributed by atoms with Crippen molar-refractivity contribution in [2.45, 2.75) is 46.4 Å². The molecule has 0 spiro atoms. The van der Waals surface area contributed by atoms with Gasteiger partial charge in [-0.2, -0.15) is 5.10 Å². The fourth-order valence-corrected chi connectivity index (χ4v) is 3.90. The van der Waals surface area contributed by atoms with Crippen molar-refractivity contribution >= 4 is 0 Å². The summed E-state index contributed by atoms with van der Waals surface area (Å²) < 4.78 is 13.6. The number of likely N-dealkylation sites (N-methyl/N-ethyl adjacent to an activating group) is 1. The van der Waals surface area contributed by atoms with Crippen molar-refractivity contribution in [3.8, 4) is 11.5 Å². The van der Waals surface area contributed by atoms with Gasteiger partial charge in [0.25, 0.3) is 0 Å². The van der Waals surface area contributed by atoms with Crippen LogP contribution >= 0.6 is 0 Å². The van der Waals surface area contributed by atoms with E-state index in [-0.39, 0.29) is 11.9 Å². The van der Waals surface area contributed by atoms with E-state index in [0.717, 1.165) is 37.5 Å². The maximum absolute atomic E-state index is 9.39. The van der Waals surface area contributed by atoms with Crippen molar-refractivity contribution in [1.82, 2.24) is 14.7 Å². The fourth-order valence-electron chi connectivity index (χ4n) is 3.90. The van der Waals surface area contributed by atoms with Crippen molar-refractivity contribution < 1.29 is 14.6 Å². The largest absolute Gasteiger partial charge is 0.508 e. The maximum atomic E-state index is 9.39. The number of aryl methyl sites for hydroxylation is 1. The van der Waals surface area contributed by atoms with Crippen molar-refractivity contribution in [1.29, 1.82) is 0 Å². The zero-order valence-corrected chi connectivity index (χ0v) is 19.3.